The highest BCUT2D eigenvalue weighted by Gasteiger charge is 2.42. The molecule has 0 bridgehead atoms. The first kappa shape index (κ1) is 18.0. The zero-order valence-corrected chi connectivity index (χ0v) is 15.2. The van der Waals surface area contributed by atoms with E-state index in [4.69, 9.17) is 4.99 Å². The van der Waals surface area contributed by atoms with Gasteiger partial charge in [-0.15, -0.1) is 0 Å². The summed E-state index contributed by atoms with van der Waals surface area (Å²) < 4.78 is 0. The molecular formula is C17H33N5O. The lowest BCUT2D eigenvalue weighted by molar-refractivity contribution is -0.119. The summed E-state index contributed by atoms with van der Waals surface area (Å²) in [5.41, 5.74) is 0.111. The third-order valence-corrected chi connectivity index (χ3v) is 5.09. The van der Waals surface area contributed by atoms with Crippen molar-refractivity contribution in [1.29, 1.82) is 0 Å². The second-order valence-electron chi connectivity index (χ2n) is 7.29. The molecule has 1 atom stereocenters. The molecule has 2 aliphatic heterocycles. The van der Waals surface area contributed by atoms with Crippen LogP contribution in [0.5, 0.6) is 0 Å². The molecule has 0 aliphatic carbocycles. The van der Waals surface area contributed by atoms with E-state index in [2.05, 4.69) is 48.3 Å². The monoisotopic (exact) mass is 323 g/mol. The van der Waals surface area contributed by atoms with Crippen LogP contribution < -0.4 is 10.6 Å². The van der Waals surface area contributed by atoms with Gasteiger partial charge in [0.15, 0.2) is 5.96 Å². The zero-order chi connectivity index (χ0) is 16.9. The third-order valence-electron chi connectivity index (χ3n) is 5.09. The van der Waals surface area contributed by atoms with Crippen LogP contribution in [-0.4, -0.2) is 74.0 Å². The molecule has 2 heterocycles. The maximum absolute atomic E-state index is 11.6. The number of aliphatic imine (C=N–C) groups is 1. The highest BCUT2D eigenvalue weighted by molar-refractivity contribution is 5.81. The van der Waals surface area contributed by atoms with Crippen molar-refractivity contribution in [2.45, 2.75) is 46.1 Å². The lowest BCUT2D eigenvalue weighted by Gasteiger charge is -2.40. The Bertz CT molecular complexity index is 437. The number of hydrogen-bond donors (Lipinski definition) is 2. The Morgan fingerprint density at radius 1 is 1.52 bits per heavy atom. The predicted molar refractivity (Wildman–Crippen MR) is 94.6 cm³/mol. The maximum atomic E-state index is 11.6. The van der Waals surface area contributed by atoms with Gasteiger partial charge in [-0.05, 0) is 40.7 Å². The van der Waals surface area contributed by atoms with Gasteiger partial charge in [0.1, 0.15) is 0 Å². The molecule has 23 heavy (non-hydrogen) atoms. The molecule has 1 spiro atoms. The number of rotatable bonds is 5. The predicted octanol–water partition coefficient (Wildman–Crippen LogP) is 0.894. The number of likely N-dealkylation sites (tertiary alicyclic amines) is 1. The molecule has 2 aliphatic rings. The maximum Gasteiger partial charge on any atom is 0.220 e. The molecular weight excluding hydrogens is 290 g/mol. The number of likely N-dealkylation sites (N-methyl/N-ethyl adjacent to an activating group) is 1. The highest BCUT2D eigenvalue weighted by atomic mass is 16.1. The zero-order valence-electron chi connectivity index (χ0n) is 15.2. The van der Waals surface area contributed by atoms with Crippen LogP contribution in [0.1, 0.15) is 40.0 Å². The molecule has 0 radical (unpaired) electrons. The molecule has 6 nitrogen and oxygen atoms in total. The summed E-state index contributed by atoms with van der Waals surface area (Å²) in [6, 6.07) is 0.543. The van der Waals surface area contributed by atoms with E-state index >= 15 is 0 Å². The van der Waals surface area contributed by atoms with Gasteiger partial charge in [0.25, 0.3) is 0 Å². The van der Waals surface area contributed by atoms with Crippen LogP contribution in [0.15, 0.2) is 4.99 Å². The molecule has 2 fully saturated rings. The molecule has 6 heteroatoms. The Kier molecular flexibility index (Phi) is 6.27. The van der Waals surface area contributed by atoms with Crippen molar-refractivity contribution in [2.24, 2.45) is 10.4 Å². The SMILES string of the molecule is CCNC(=NCCN(C)C(C)C)N1CCCC2(CNC(=O)C2)C1. The second kappa shape index (κ2) is 7.99. The molecule has 2 rings (SSSR count). The minimum absolute atomic E-state index is 0.111. The van der Waals surface area contributed by atoms with E-state index in [1.807, 2.05) is 0 Å². The van der Waals surface area contributed by atoms with E-state index < -0.39 is 0 Å². The quantitative estimate of drug-likeness (QED) is 0.583. The minimum Gasteiger partial charge on any atom is -0.357 e. The smallest absolute Gasteiger partial charge is 0.220 e. The topological polar surface area (TPSA) is 60.0 Å². The van der Waals surface area contributed by atoms with Crippen LogP contribution in [0.3, 0.4) is 0 Å². The molecule has 132 valence electrons. The van der Waals surface area contributed by atoms with E-state index in [1.165, 1.54) is 0 Å². The van der Waals surface area contributed by atoms with Crippen LogP contribution in [0.2, 0.25) is 0 Å². The molecule has 2 saturated heterocycles. The van der Waals surface area contributed by atoms with Crippen molar-refractivity contribution in [3.63, 3.8) is 0 Å². The van der Waals surface area contributed by atoms with Gasteiger partial charge in [-0.3, -0.25) is 9.79 Å². The van der Waals surface area contributed by atoms with Crippen LogP contribution >= 0.6 is 0 Å². The Morgan fingerprint density at radius 3 is 2.91 bits per heavy atom. The number of amides is 1. The summed E-state index contributed by atoms with van der Waals surface area (Å²) in [7, 11) is 2.14. The largest absolute Gasteiger partial charge is 0.357 e. The summed E-state index contributed by atoms with van der Waals surface area (Å²) in [5.74, 6) is 1.20. The summed E-state index contributed by atoms with van der Waals surface area (Å²) >= 11 is 0. The average Bonchev–Trinajstić information content (AvgIpc) is 2.86. The van der Waals surface area contributed by atoms with Gasteiger partial charge >= 0.3 is 0 Å². The summed E-state index contributed by atoms with van der Waals surface area (Å²) in [6.07, 6.45) is 2.93. The van der Waals surface area contributed by atoms with Gasteiger partial charge in [0, 0.05) is 50.6 Å². The number of nitrogens with one attached hydrogen (secondary N) is 2. The van der Waals surface area contributed by atoms with E-state index in [1.54, 1.807) is 0 Å². The first-order valence-electron chi connectivity index (χ1n) is 8.96. The Hall–Kier alpha value is -1.30. The number of guanidine groups is 1. The molecule has 0 aromatic heterocycles. The molecule has 0 aromatic rings. The number of hydrogen-bond acceptors (Lipinski definition) is 3. The summed E-state index contributed by atoms with van der Waals surface area (Å²) in [4.78, 5) is 21.1. The fourth-order valence-electron chi connectivity index (χ4n) is 3.43. The second-order valence-corrected chi connectivity index (χ2v) is 7.29. The van der Waals surface area contributed by atoms with E-state index in [-0.39, 0.29) is 11.3 Å². The standard InChI is InChI=1S/C17H33N5O/c1-5-18-16(19-8-10-21(4)14(2)3)22-9-6-7-17(13-22)11-15(23)20-12-17/h14H,5-13H2,1-4H3,(H,18,19)(H,20,23). The van der Waals surface area contributed by atoms with Gasteiger partial charge in [0.05, 0.1) is 6.54 Å². The fraction of sp³-hybridized carbons (Fsp3) is 0.882. The molecule has 1 amide bonds. The molecule has 0 aromatic carbocycles. The molecule has 2 N–H and O–H groups in total. The first-order chi connectivity index (χ1) is 11.0. The highest BCUT2D eigenvalue weighted by Crippen LogP contribution is 2.35. The van der Waals surface area contributed by atoms with Crippen molar-refractivity contribution in [1.82, 2.24) is 20.4 Å². The number of carbonyl (C=O) groups is 1. The number of nitrogens with zero attached hydrogens (tertiary/aromatic N) is 3. The van der Waals surface area contributed by atoms with Crippen LogP contribution in [0.25, 0.3) is 0 Å². The van der Waals surface area contributed by atoms with Crippen molar-refractivity contribution in [3.8, 4) is 0 Å². The fourth-order valence-corrected chi connectivity index (χ4v) is 3.43. The van der Waals surface area contributed by atoms with E-state index in [0.717, 1.165) is 58.1 Å². The van der Waals surface area contributed by atoms with Crippen molar-refractivity contribution in [3.05, 3.63) is 0 Å². The van der Waals surface area contributed by atoms with Gasteiger partial charge in [-0.1, -0.05) is 0 Å². The van der Waals surface area contributed by atoms with Gasteiger partial charge in [-0.25, -0.2) is 0 Å². The molecule has 1 unspecified atom stereocenters. The normalized spacial score (nSPS) is 25.6. The first-order valence-corrected chi connectivity index (χ1v) is 8.96. The Balaban J connectivity index is 1.97. The minimum atomic E-state index is 0.111. The van der Waals surface area contributed by atoms with Gasteiger partial charge in [-0.2, -0.15) is 0 Å². The number of piperidine rings is 1. The van der Waals surface area contributed by atoms with Crippen molar-refractivity contribution >= 4 is 11.9 Å². The molecule has 0 saturated carbocycles. The summed E-state index contributed by atoms with van der Waals surface area (Å²) in [5, 5.41) is 6.43. The lowest BCUT2D eigenvalue weighted by Crippen LogP contribution is -2.51. The average molecular weight is 323 g/mol. The van der Waals surface area contributed by atoms with Gasteiger partial charge < -0.3 is 20.4 Å². The van der Waals surface area contributed by atoms with E-state index in [0.29, 0.717) is 12.5 Å². The Morgan fingerprint density at radius 2 is 2.30 bits per heavy atom. The van der Waals surface area contributed by atoms with Gasteiger partial charge in [0.2, 0.25) is 5.91 Å². The Labute approximate surface area is 140 Å². The van der Waals surface area contributed by atoms with Crippen LogP contribution in [-0.2, 0) is 4.79 Å². The van der Waals surface area contributed by atoms with Crippen LogP contribution in [0.4, 0.5) is 0 Å². The number of carbonyl (C=O) groups excluding carboxylic acids is 1. The van der Waals surface area contributed by atoms with Crippen molar-refractivity contribution < 1.29 is 4.79 Å². The van der Waals surface area contributed by atoms with Crippen LogP contribution in [0, 0.1) is 5.41 Å². The summed E-state index contributed by atoms with van der Waals surface area (Å²) in [6.45, 7) is 11.9. The van der Waals surface area contributed by atoms with E-state index in [9.17, 15) is 4.79 Å². The lowest BCUT2D eigenvalue weighted by atomic mass is 9.79. The third kappa shape index (κ3) is 4.83. The van der Waals surface area contributed by atoms with Crippen molar-refractivity contribution in [2.75, 3.05) is 46.3 Å².